The molecule has 0 spiro atoms. The van der Waals surface area contributed by atoms with Crippen LogP contribution in [-0.4, -0.2) is 39.5 Å². The van der Waals surface area contributed by atoms with Gasteiger partial charge < -0.3 is 4.74 Å². The quantitative estimate of drug-likeness (QED) is 0.582. The van der Waals surface area contributed by atoms with Crippen molar-refractivity contribution in [2.75, 3.05) is 16.8 Å². The molecule has 164 valence electrons. The number of anilines is 2. The number of fused-ring (bicyclic) bond motifs is 1. The fourth-order valence-electron chi connectivity index (χ4n) is 3.09. The van der Waals surface area contributed by atoms with E-state index in [9.17, 15) is 27.6 Å². The number of aromatic nitrogens is 3. The first-order chi connectivity index (χ1) is 15.2. The van der Waals surface area contributed by atoms with Crippen molar-refractivity contribution in [3.05, 3.63) is 65.0 Å². The van der Waals surface area contributed by atoms with Gasteiger partial charge in [0, 0.05) is 5.56 Å². The Morgan fingerprint density at radius 1 is 1.09 bits per heavy atom. The Hall–Kier alpha value is -4.22. The molecule has 1 aromatic heterocycles. The molecule has 12 heteroatoms. The van der Waals surface area contributed by atoms with Crippen LogP contribution in [0.25, 0.3) is 0 Å². The molecule has 1 aliphatic heterocycles. The summed E-state index contributed by atoms with van der Waals surface area (Å²) >= 11 is 0. The molecule has 3 aromatic rings. The summed E-state index contributed by atoms with van der Waals surface area (Å²) in [6.07, 6.45) is -4.75. The lowest BCUT2D eigenvalue weighted by Gasteiger charge is -2.14. The van der Waals surface area contributed by atoms with Crippen LogP contribution < -0.4 is 15.0 Å². The third kappa shape index (κ3) is 3.77. The van der Waals surface area contributed by atoms with E-state index in [-0.39, 0.29) is 16.7 Å². The van der Waals surface area contributed by atoms with Gasteiger partial charge in [0.25, 0.3) is 17.7 Å². The monoisotopic (exact) mass is 445 g/mol. The lowest BCUT2D eigenvalue weighted by atomic mass is 10.1. The number of hydrogen-bond acceptors (Lipinski definition) is 6. The first-order valence-electron chi connectivity index (χ1n) is 9.25. The normalized spacial score (nSPS) is 13.3. The summed E-state index contributed by atoms with van der Waals surface area (Å²) in [5.74, 6) is -3.42. The van der Waals surface area contributed by atoms with E-state index in [2.05, 4.69) is 15.4 Å². The summed E-state index contributed by atoms with van der Waals surface area (Å²) < 4.78 is 43.1. The molecule has 2 N–H and O–H groups in total. The largest absolute Gasteiger partial charge is 0.494 e. The Labute approximate surface area is 178 Å². The zero-order valence-corrected chi connectivity index (χ0v) is 16.4. The Kier molecular flexibility index (Phi) is 5.12. The van der Waals surface area contributed by atoms with E-state index in [1.165, 1.54) is 18.2 Å². The van der Waals surface area contributed by atoms with Gasteiger partial charge in [0.05, 0.1) is 23.4 Å². The minimum atomic E-state index is -4.75. The summed E-state index contributed by atoms with van der Waals surface area (Å²) in [5.41, 5.74) is 0.350. The predicted molar refractivity (Wildman–Crippen MR) is 105 cm³/mol. The van der Waals surface area contributed by atoms with Gasteiger partial charge in [-0.1, -0.05) is 0 Å². The highest BCUT2D eigenvalue weighted by Crippen LogP contribution is 2.30. The van der Waals surface area contributed by atoms with Crippen molar-refractivity contribution in [1.29, 1.82) is 0 Å². The number of benzene rings is 2. The van der Waals surface area contributed by atoms with E-state index in [0.29, 0.717) is 18.0 Å². The molecule has 32 heavy (non-hydrogen) atoms. The zero-order chi connectivity index (χ0) is 23.0. The molecule has 4 rings (SSSR count). The molecule has 0 fully saturated rings. The number of halogens is 3. The molecule has 0 aliphatic carbocycles. The first kappa shape index (κ1) is 21.0. The van der Waals surface area contributed by atoms with Crippen LogP contribution in [0, 0.1) is 0 Å². The maximum atomic E-state index is 12.9. The second-order valence-electron chi connectivity index (χ2n) is 6.59. The minimum Gasteiger partial charge on any atom is -0.494 e. The Morgan fingerprint density at radius 2 is 1.78 bits per heavy atom. The molecule has 0 saturated carbocycles. The number of nitrogens with one attached hydrogen (secondary N) is 2. The molecule has 0 bridgehead atoms. The molecule has 2 heterocycles. The Balaban J connectivity index is 1.56. The number of carbonyl (C=O) groups is 3. The molecule has 1 aliphatic rings. The van der Waals surface area contributed by atoms with E-state index in [1.54, 1.807) is 29.4 Å². The van der Waals surface area contributed by atoms with Gasteiger partial charge in [0.15, 0.2) is 0 Å². The van der Waals surface area contributed by atoms with Gasteiger partial charge in [0.1, 0.15) is 5.75 Å². The number of aromatic amines is 1. The lowest BCUT2D eigenvalue weighted by molar-refractivity contribution is -0.144. The third-order valence-electron chi connectivity index (χ3n) is 4.53. The van der Waals surface area contributed by atoms with Crippen molar-refractivity contribution >= 4 is 29.4 Å². The van der Waals surface area contributed by atoms with E-state index < -0.39 is 35.7 Å². The number of hydrogen-bond donors (Lipinski definition) is 2. The maximum Gasteiger partial charge on any atom is 0.451 e. The zero-order valence-electron chi connectivity index (χ0n) is 16.4. The fourth-order valence-corrected chi connectivity index (χ4v) is 3.09. The van der Waals surface area contributed by atoms with Crippen LogP contribution >= 0.6 is 0 Å². The average Bonchev–Trinajstić information content (AvgIpc) is 3.32. The molecule has 0 radical (unpaired) electrons. The van der Waals surface area contributed by atoms with Gasteiger partial charge in [-0.2, -0.15) is 18.2 Å². The van der Waals surface area contributed by atoms with E-state index in [4.69, 9.17) is 4.74 Å². The number of nitrogens with zero attached hydrogens (tertiary/aromatic N) is 3. The fraction of sp³-hybridized carbons (Fsp3) is 0.150. The number of imide groups is 1. The Morgan fingerprint density at radius 3 is 2.41 bits per heavy atom. The molecular formula is C20H14F3N5O4. The molecule has 9 nitrogen and oxygen atoms in total. The summed E-state index contributed by atoms with van der Waals surface area (Å²) in [6.45, 7) is 2.28. The van der Waals surface area contributed by atoms with Crippen LogP contribution in [0.1, 0.15) is 43.8 Å². The number of ether oxygens (including phenoxy) is 1. The first-order valence-corrected chi connectivity index (χ1v) is 9.25. The number of rotatable bonds is 5. The van der Waals surface area contributed by atoms with Crippen molar-refractivity contribution in [2.24, 2.45) is 0 Å². The van der Waals surface area contributed by atoms with E-state index in [1.807, 2.05) is 6.92 Å². The highest BCUT2D eigenvalue weighted by Gasteiger charge is 2.38. The number of alkyl halides is 3. The van der Waals surface area contributed by atoms with Gasteiger partial charge >= 0.3 is 6.18 Å². The predicted octanol–water partition coefficient (Wildman–Crippen LogP) is 3.28. The highest BCUT2D eigenvalue weighted by atomic mass is 19.4. The molecular weight excluding hydrogens is 431 g/mol. The van der Waals surface area contributed by atoms with Crippen molar-refractivity contribution < 1.29 is 32.3 Å². The second-order valence-corrected chi connectivity index (χ2v) is 6.59. The number of carbonyl (C=O) groups excluding carboxylic acids is 3. The molecule has 0 unspecified atom stereocenters. The van der Waals surface area contributed by atoms with Gasteiger partial charge in [-0.3, -0.25) is 24.8 Å². The molecule has 3 amide bonds. The maximum absolute atomic E-state index is 12.9. The number of H-pyrrole nitrogens is 1. The number of amides is 3. The van der Waals surface area contributed by atoms with Gasteiger partial charge in [-0.25, -0.2) is 4.90 Å². The van der Waals surface area contributed by atoms with Gasteiger partial charge in [-0.15, -0.1) is 5.10 Å². The van der Waals surface area contributed by atoms with Crippen LogP contribution in [0.15, 0.2) is 42.5 Å². The summed E-state index contributed by atoms with van der Waals surface area (Å²) in [6, 6.07) is 10.1. The summed E-state index contributed by atoms with van der Waals surface area (Å²) in [5, 5.41) is 7.08. The van der Waals surface area contributed by atoms with Crippen LogP contribution in [0.2, 0.25) is 0 Å². The molecule has 0 atom stereocenters. The smallest absolute Gasteiger partial charge is 0.451 e. The van der Waals surface area contributed by atoms with Crippen molar-refractivity contribution in [1.82, 2.24) is 15.2 Å². The summed E-state index contributed by atoms with van der Waals surface area (Å²) in [4.78, 5) is 42.1. The molecule has 2 aromatic carbocycles. The third-order valence-corrected chi connectivity index (χ3v) is 4.53. The van der Waals surface area contributed by atoms with Crippen molar-refractivity contribution in [3.63, 3.8) is 0 Å². The van der Waals surface area contributed by atoms with Crippen LogP contribution in [0.4, 0.5) is 24.8 Å². The average molecular weight is 445 g/mol. The topological polar surface area (TPSA) is 117 Å². The van der Waals surface area contributed by atoms with Crippen LogP contribution in [0.3, 0.4) is 0 Å². The minimum absolute atomic E-state index is 0.0116. The molecule has 0 saturated heterocycles. The van der Waals surface area contributed by atoms with E-state index >= 15 is 0 Å². The van der Waals surface area contributed by atoms with Crippen LogP contribution in [-0.2, 0) is 6.18 Å². The van der Waals surface area contributed by atoms with Crippen molar-refractivity contribution in [3.8, 4) is 5.75 Å². The summed E-state index contributed by atoms with van der Waals surface area (Å²) in [7, 11) is 0. The standard InChI is InChI=1S/C20H14F3N5O4/c1-2-32-12-6-4-11(5-7-12)28-16(30)13-8-3-10(9-14(13)17(28)31)15(29)24-19-25-18(26-27-19)20(21,22)23/h3-9H,2H2,1H3,(H2,24,25,26,27,29). The second kappa shape index (κ2) is 7.80. The lowest BCUT2D eigenvalue weighted by Crippen LogP contribution is -2.29. The Bertz CT molecular complexity index is 1220. The van der Waals surface area contributed by atoms with Crippen LogP contribution in [0.5, 0.6) is 5.75 Å². The SMILES string of the molecule is CCOc1ccc(N2C(=O)c3ccc(C(=O)Nc4n[nH]c(C(F)(F)F)n4)cc3C2=O)cc1. The van der Waals surface area contributed by atoms with Gasteiger partial charge in [-0.05, 0) is 49.4 Å². The van der Waals surface area contributed by atoms with Gasteiger partial charge in [0.2, 0.25) is 11.8 Å². The van der Waals surface area contributed by atoms with Crippen molar-refractivity contribution in [2.45, 2.75) is 13.1 Å². The highest BCUT2D eigenvalue weighted by molar-refractivity contribution is 6.34. The van der Waals surface area contributed by atoms with E-state index in [0.717, 1.165) is 4.90 Å².